The summed E-state index contributed by atoms with van der Waals surface area (Å²) >= 11 is 1.63. The van der Waals surface area contributed by atoms with Crippen molar-refractivity contribution >= 4 is 39.2 Å². The van der Waals surface area contributed by atoms with E-state index in [1.54, 1.807) is 17.5 Å². The molecule has 2 fully saturated rings. The zero-order valence-electron chi connectivity index (χ0n) is 16.0. The van der Waals surface area contributed by atoms with Gasteiger partial charge in [-0.25, -0.2) is 4.68 Å². The van der Waals surface area contributed by atoms with Crippen LogP contribution in [0.4, 0.5) is 5.82 Å². The molecule has 8 nitrogen and oxygen atoms in total. The molecule has 152 valence electrons. The van der Waals surface area contributed by atoms with Crippen LogP contribution in [-0.2, 0) is 9.53 Å². The Balaban J connectivity index is 1.22. The molecule has 2 N–H and O–H groups in total. The molecule has 2 aliphatic rings. The van der Waals surface area contributed by atoms with E-state index in [0.717, 1.165) is 35.3 Å². The van der Waals surface area contributed by atoms with E-state index in [-0.39, 0.29) is 23.8 Å². The summed E-state index contributed by atoms with van der Waals surface area (Å²) in [5.74, 6) is 0.662. The Labute approximate surface area is 171 Å². The van der Waals surface area contributed by atoms with Gasteiger partial charge in [0.15, 0.2) is 0 Å². The Kier molecular flexibility index (Phi) is 4.84. The third kappa shape index (κ3) is 3.56. The van der Waals surface area contributed by atoms with Gasteiger partial charge in [-0.05, 0) is 36.8 Å². The minimum atomic E-state index is -0.0896. The first kappa shape index (κ1) is 18.4. The van der Waals surface area contributed by atoms with E-state index in [1.807, 2.05) is 33.2 Å². The molecule has 0 radical (unpaired) electrons. The van der Waals surface area contributed by atoms with E-state index in [9.17, 15) is 9.59 Å². The molecule has 2 aliphatic heterocycles. The van der Waals surface area contributed by atoms with E-state index in [1.165, 1.54) is 0 Å². The lowest BCUT2D eigenvalue weighted by molar-refractivity contribution is -0.119. The zero-order chi connectivity index (χ0) is 19.8. The molecule has 5 heterocycles. The number of hydrogen-bond donors (Lipinski definition) is 2. The quantitative estimate of drug-likeness (QED) is 0.688. The van der Waals surface area contributed by atoms with Crippen LogP contribution in [0.5, 0.6) is 0 Å². The minimum absolute atomic E-state index is 0.0106. The number of anilines is 1. The van der Waals surface area contributed by atoms with Crippen molar-refractivity contribution in [1.29, 1.82) is 0 Å². The van der Waals surface area contributed by atoms with E-state index in [4.69, 9.17) is 4.74 Å². The largest absolute Gasteiger partial charge is 0.381 e. The Morgan fingerprint density at radius 1 is 1.24 bits per heavy atom. The normalized spacial score (nSPS) is 20.4. The molecule has 1 atom stereocenters. The summed E-state index contributed by atoms with van der Waals surface area (Å²) in [5, 5.41) is 9.45. The lowest BCUT2D eigenvalue weighted by Crippen LogP contribution is -2.39. The summed E-state index contributed by atoms with van der Waals surface area (Å²) in [6.07, 6.45) is 4.08. The van der Waals surface area contributed by atoms with Crippen LogP contribution in [0.15, 0.2) is 29.8 Å². The van der Waals surface area contributed by atoms with Gasteiger partial charge < -0.3 is 19.9 Å². The number of rotatable bonds is 4. The first-order valence-corrected chi connectivity index (χ1v) is 10.8. The number of nitrogens with one attached hydrogen (secondary N) is 2. The highest BCUT2D eigenvalue weighted by Crippen LogP contribution is 2.28. The molecule has 29 heavy (non-hydrogen) atoms. The molecule has 2 amide bonds. The number of aromatic amines is 1. The van der Waals surface area contributed by atoms with Crippen LogP contribution in [0.25, 0.3) is 10.2 Å². The van der Waals surface area contributed by atoms with Gasteiger partial charge in [-0.15, -0.1) is 11.3 Å². The lowest BCUT2D eigenvalue weighted by atomic mass is 10.0. The summed E-state index contributed by atoms with van der Waals surface area (Å²) in [4.78, 5) is 30.3. The Morgan fingerprint density at radius 2 is 2.10 bits per heavy atom. The molecule has 0 bridgehead atoms. The molecule has 3 aromatic rings. The van der Waals surface area contributed by atoms with Gasteiger partial charge in [-0.3, -0.25) is 9.59 Å². The average molecular weight is 414 g/mol. The number of carbonyl (C=O) groups is 2. The zero-order valence-corrected chi connectivity index (χ0v) is 16.8. The number of carbonyl (C=O) groups excluding carboxylic acids is 2. The Hall–Kier alpha value is -2.65. The summed E-state index contributed by atoms with van der Waals surface area (Å²) < 4.78 is 8.30. The molecule has 2 saturated heterocycles. The molecular formula is C20H23N5O3S. The van der Waals surface area contributed by atoms with Crippen LogP contribution < -0.4 is 5.32 Å². The monoisotopic (exact) mass is 413 g/mol. The smallest absolute Gasteiger partial charge is 0.270 e. The molecule has 0 unspecified atom stereocenters. The fourth-order valence-corrected chi connectivity index (χ4v) is 4.90. The number of hydrogen-bond acceptors (Lipinski definition) is 5. The minimum Gasteiger partial charge on any atom is -0.381 e. The lowest BCUT2D eigenvalue weighted by Gasteiger charge is -2.32. The van der Waals surface area contributed by atoms with Gasteiger partial charge in [0.2, 0.25) is 5.91 Å². The summed E-state index contributed by atoms with van der Waals surface area (Å²) in [6, 6.07) is 5.92. The predicted molar refractivity (Wildman–Crippen MR) is 110 cm³/mol. The molecule has 3 aromatic heterocycles. The van der Waals surface area contributed by atoms with Gasteiger partial charge in [0.25, 0.3) is 5.91 Å². The van der Waals surface area contributed by atoms with E-state index in [2.05, 4.69) is 15.4 Å². The van der Waals surface area contributed by atoms with E-state index < -0.39 is 0 Å². The van der Waals surface area contributed by atoms with Crippen molar-refractivity contribution in [3.8, 4) is 0 Å². The van der Waals surface area contributed by atoms with Crippen LogP contribution in [0, 0.1) is 5.92 Å². The van der Waals surface area contributed by atoms with Gasteiger partial charge in [0.1, 0.15) is 11.5 Å². The molecular weight excluding hydrogens is 390 g/mol. The van der Waals surface area contributed by atoms with Crippen molar-refractivity contribution in [1.82, 2.24) is 19.7 Å². The first-order valence-electron chi connectivity index (χ1n) is 9.96. The van der Waals surface area contributed by atoms with Crippen LogP contribution in [0.2, 0.25) is 0 Å². The van der Waals surface area contributed by atoms with Crippen molar-refractivity contribution in [3.05, 3.63) is 35.5 Å². The fraction of sp³-hybridized carbons (Fsp3) is 0.450. The molecule has 0 saturated carbocycles. The fourth-order valence-electron chi connectivity index (χ4n) is 4.12. The van der Waals surface area contributed by atoms with E-state index in [0.29, 0.717) is 32.0 Å². The first-order chi connectivity index (χ1) is 14.2. The van der Waals surface area contributed by atoms with E-state index >= 15 is 0 Å². The third-order valence-electron chi connectivity index (χ3n) is 5.79. The van der Waals surface area contributed by atoms with Crippen LogP contribution in [0.1, 0.15) is 35.8 Å². The molecule has 9 heteroatoms. The maximum atomic E-state index is 12.8. The van der Waals surface area contributed by atoms with Crippen molar-refractivity contribution < 1.29 is 14.3 Å². The van der Waals surface area contributed by atoms with Gasteiger partial charge >= 0.3 is 0 Å². The Bertz CT molecular complexity index is 995. The number of likely N-dealkylation sites (tertiary alicyclic amines) is 1. The highest BCUT2D eigenvalue weighted by molar-refractivity contribution is 7.17. The average Bonchev–Trinajstić information content (AvgIpc) is 3.51. The van der Waals surface area contributed by atoms with Gasteiger partial charge in [-0.1, -0.05) is 0 Å². The molecule has 0 aliphatic carbocycles. The van der Waals surface area contributed by atoms with Gasteiger partial charge in [0.05, 0.1) is 35.0 Å². The summed E-state index contributed by atoms with van der Waals surface area (Å²) in [6.45, 7) is 2.46. The van der Waals surface area contributed by atoms with Crippen molar-refractivity contribution in [2.24, 2.45) is 5.92 Å². The second-order valence-corrected chi connectivity index (χ2v) is 8.56. The van der Waals surface area contributed by atoms with Crippen LogP contribution in [0.3, 0.4) is 0 Å². The number of amides is 2. The predicted octanol–water partition coefficient (Wildman–Crippen LogP) is 2.88. The van der Waals surface area contributed by atoms with Gasteiger partial charge in [0, 0.05) is 25.8 Å². The topological polar surface area (TPSA) is 92.3 Å². The van der Waals surface area contributed by atoms with Gasteiger partial charge in [-0.2, -0.15) is 5.10 Å². The molecule has 5 rings (SSSR count). The van der Waals surface area contributed by atoms with Crippen molar-refractivity contribution in [3.63, 3.8) is 0 Å². The Morgan fingerprint density at radius 3 is 2.86 bits per heavy atom. The molecule has 0 aromatic carbocycles. The number of fused-ring (bicyclic) bond motifs is 1. The highest BCUT2D eigenvalue weighted by Gasteiger charge is 2.28. The SMILES string of the molecule is O=C(Nc1ccnn1C1CCN(C(=O)c2cc3sccc3[nH]2)CC1)[C@@H]1CCOC1. The van der Waals surface area contributed by atoms with Crippen LogP contribution in [-0.4, -0.2) is 57.8 Å². The summed E-state index contributed by atoms with van der Waals surface area (Å²) in [5.41, 5.74) is 1.66. The summed E-state index contributed by atoms with van der Waals surface area (Å²) in [7, 11) is 0. The number of H-pyrrole nitrogens is 1. The standard InChI is InChI=1S/C20H23N5O3S/c26-19(13-4-9-28-12-13)23-18-1-6-21-25(18)14-2-7-24(8-3-14)20(27)16-11-17-15(22-16)5-10-29-17/h1,5-6,10-11,13-14,22H,2-4,7-9,12H2,(H,23,26)/t13-/m1/s1. The molecule has 0 spiro atoms. The maximum Gasteiger partial charge on any atom is 0.270 e. The number of nitrogens with zero attached hydrogens (tertiary/aromatic N) is 3. The number of aromatic nitrogens is 3. The second-order valence-electron chi connectivity index (χ2n) is 7.62. The number of piperidine rings is 1. The maximum absolute atomic E-state index is 12.8. The second kappa shape index (κ2) is 7.64. The number of ether oxygens (including phenoxy) is 1. The van der Waals surface area contributed by atoms with Crippen LogP contribution >= 0.6 is 11.3 Å². The van der Waals surface area contributed by atoms with Crippen molar-refractivity contribution in [2.75, 3.05) is 31.6 Å². The highest BCUT2D eigenvalue weighted by atomic mass is 32.1. The third-order valence-corrected chi connectivity index (χ3v) is 6.65. The van der Waals surface area contributed by atoms with Crippen molar-refractivity contribution in [2.45, 2.75) is 25.3 Å². The number of thiophene rings is 1.